The lowest BCUT2D eigenvalue weighted by Crippen LogP contribution is -2.44. The molecular weight excluding hydrogens is 374 g/mol. The lowest BCUT2D eigenvalue weighted by atomic mass is 9.73. The average molecular weight is 404 g/mol. The number of nitrogens with one attached hydrogen (secondary N) is 1. The highest BCUT2D eigenvalue weighted by Crippen LogP contribution is 2.52. The molecule has 1 spiro atoms. The Morgan fingerprint density at radius 3 is 2.60 bits per heavy atom. The molecule has 2 aromatic rings. The van der Waals surface area contributed by atoms with Crippen LogP contribution < -0.4 is 5.32 Å². The number of aryl methyl sites for hydroxylation is 1. The van der Waals surface area contributed by atoms with Crippen LogP contribution in [0, 0.1) is 6.92 Å². The summed E-state index contributed by atoms with van der Waals surface area (Å²) in [6.45, 7) is 3.39. The van der Waals surface area contributed by atoms with Crippen molar-refractivity contribution >= 4 is 11.8 Å². The fraction of sp³-hybridized carbons (Fsp3) is 0.480. The van der Waals surface area contributed by atoms with Crippen LogP contribution in [0.5, 0.6) is 0 Å². The van der Waals surface area contributed by atoms with Gasteiger partial charge in [0, 0.05) is 31.2 Å². The fourth-order valence-electron chi connectivity index (χ4n) is 5.38. The second-order valence-electron chi connectivity index (χ2n) is 9.27. The Hall–Kier alpha value is -2.69. The number of carbonyl (C=O) groups is 2. The van der Waals surface area contributed by atoms with Crippen LogP contribution in [0.15, 0.2) is 42.5 Å². The van der Waals surface area contributed by atoms with E-state index in [1.807, 2.05) is 24.0 Å². The molecule has 1 saturated heterocycles. The quantitative estimate of drug-likeness (QED) is 0.846. The Morgan fingerprint density at radius 2 is 1.87 bits per heavy atom. The number of likely N-dealkylation sites (tertiary alicyclic amines) is 1. The molecule has 5 heteroatoms. The van der Waals surface area contributed by atoms with E-state index in [0.29, 0.717) is 18.2 Å². The molecule has 5 nitrogen and oxygen atoms in total. The van der Waals surface area contributed by atoms with Crippen LogP contribution in [0.1, 0.15) is 71.8 Å². The normalized spacial score (nSPS) is 22.0. The number of aromatic nitrogens is 1. The largest absolute Gasteiger partial charge is 0.353 e. The number of rotatable bonds is 4. The molecule has 30 heavy (non-hydrogen) atoms. The monoisotopic (exact) mass is 403 g/mol. The second-order valence-corrected chi connectivity index (χ2v) is 9.27. The van der Waals surface area contributed by atoms with E-state index in [9.17, 15) is 9.59 Å². The van der Waals surface area contributed by atoms with Gasteiger partial charge in [-0.3, -0.25) is 9.59 Å². The predicted molar refractivity (Wildman–Crippen MR) is 115 cm³/mol. The maximum Gasteiger partial charge on any atom is 0.272 e. The van der Waals surface area contributed by atoms with E-state index >= 15 is 0 Å². The number of pyridine rings is 1. The lowest BCUT2D eigenvalue weighted by Gasteiger charge is -2.40. The summed E-state index contributed by atoms with van der Waals surface area (Å²) < 4.78 is 0. The third kappa shape index (κ3) is 3.62. The lowest BCUT2D eigenvalue weighted by molar-refractivity contribution is -0.121. The van der Waals surface area contributed by atoms with E-state index in [1.54, 1.807) is 6.07 Å². The molecule has 1 aromatic heterocycles. The van der Waals surface area contributed by atoms with Gasteiger partial charge < -0.3 is 10.2 Å². The highest BCUT2D eigenvalue weighted by atomic mass is 16.2. The minimum Gasteiger partial charge on any atom is -0.353 e. The number of piperidine rings is 1. The highest BCUT2D eigenvalue weighted by molar-refractivity contribution is 5.92. The SMILES string of the molecule is Cc1cccc(C(=O)N2CCC3(CC2)CC(CC(=O)NC2CC2)c2ccccc23)n1. The minimum atomic E-state index is 0.0280. The van der Waals surface area contributed by atoms with Gasteiger partial charge in [-0.05, 0) is 73.6 Å². The summed E-state index contributed by atoms with van der Waals surface area (Å²) in [5, 5.41) is 3.15. The van der Waals surface area contributed by atoms with Crippen molar-refractivity contribution in [1.29, 1.82) is 0 Å². The maximum absolute atomic E-state index is 12.9. The molecule has 0 radical (unpaired) electrons. The Morgan fingerprint density at radius 1 is 1.10 bits per heavy atom. The van der Waals surface area contributed by atoms with Gasteiger partial charge in [0.1, 0.15) is 5.69 Å². The van der Waals surface area contributed by atoms with Crippen molar-refractivity contribution in [2.45, 2.75) is 62.8 Å². The summed E-state index contributed by atoms with van der Waals surface area (Å²) in [4.78, 5) is 31.8. The van der Waals surface area contributed by atoms with Gasteiger partial charge in [-0.1, -0.05) is 30.3 Å². The topological polar surface area (TPSA) is 62.3 Å². The van der Waals surface area contributed by atoms with Gasteiger partial charge in [-0.25, -0.2) is 4.98 Å². The van der Waals surface area contributed by atoms with Gasteiger partial charge in [0.2, 0.25) is 5.91 Å². The minimum absolute atomic E-state index is 0.0280. The molecule has 1 saturated carbocycles. The number of nitrogens with zero attached hydrogens (tertiary/aromatic N) is 2. The average Bonchev–Trinajstić information content (AvgIpc) is 3.52. The van der Waals surface area contributed by atoms with E-state index in [0.717, 1.165) is 50.9 Å². The van der Waals surface area contributed by atoms with E-state index in [4.69, 9.17) is 0 Å². The molecular formula is C25H29N3O2. The van der Waals surface area contributed by atoms with E-state index in [1.165, 1.54) is 11.1 Å². The first-order chi connectivity index (χ1) is 14.5. The first kappa shape index (κ1) is 19.3. The first-order valence-corrected chi connectivity index (χ1v) is 11.2. The first-order valence-electron chi connectivity index (χ1n) is 11.2. The van der Waals surface area contributed by atoms with E-state index in [-0.39, 0.29) is 23.1 Å². The number of carbonyl (C=O) groups excluding carboxylic acids is 2. The molecule has 1 atom stereocenters. The van der Waals surface area contributed by atoms with Gasteiger partial charge in [-0.15, -0.1) is 0 Å². The third-order valence-corrected chi connectivity index (χ3v) is 7.10. The summed E-state index contributed by atoms with van der Waals surface area (Å²) in [6.07, 6.45) is 5.72. The molecule has 1 aromatic carbocycles. The van der Waals surface area contributed by atoms with Crippen LogP contribution in [-0.2, 0) is 10.2 Å². The second kappa shape index (κ2) is 7.53. The van der Waals surface area contributed by atoms with E-state index < -0.39 is 0 Å². The molecule has 2 amide bonds. The van der Waals surface area contributed by atoms with Gasteiger partial charge in [0.15, 0.2) is 0 Å². The molecule has 2 fully saturated rings. The molecule has 5 rings (SSSR count). The van der Waals surface area contributed by atoms with Crippen molar-refractivity contribution in [2.24, 2.45) is 0 Å². The van der Waals surface area contributed by atoms with Crippen molar-refractivity contribution in [3.63, 3.8) is 0 Å². The van der Waals surface area contributed by atoms with Gasteiger partial charge >= 0.3 is 0 Å². The Labute approximate surface area is 177 Å². The number of hydrogen-bond donors (Lipinski definition) is 1. The van der Waals surface area contributed by atoms with Crippen LogP contribution in [0.3, 0.4) is 0 Å². The fourth-order valence-corrected chi connectivity index (χ4v) is 5.38. The summed E-state index contributed by atoms with van der Waals surface area (Å²) >= 11 is 0. The van der Waals surface area contributed by atoms with Crippen LogP contribution >= 0.6 is 0 Å². The Bertz CT molecular complexity index is 974. The van der Waals surface area contributed by atoms with Crippen molar-refractivity contribution in [3.8, 4) is 0 Å². The molecule has 3 aliphatic rings. The van der Waals surface area contributed by atoms with Gasteiger partial charge in [0.05, 0.1) is 0 Å². The van der Waals surface area contributed by atoms with Crippen molar-refractivity contribution in [2.75, 3.05) is 13.1 Å². The summed E-state index contributed by atoms with van der Waals surface area (Å²) in [5.74, 6) is 0.494. The zero-order chi connectivity index (χ0) is 20.7. The standard InChI is InChI=1S/C25H29N3O2/c1-17-5-4-8-22(26-17)24(30)28-13-11-25(12-14-28)16-18(15-23(29)27-19-9-10-19)20-6-2-3-7-21(20)25/h2-8,18-19H,9-16H2,1H3,(H,27,29). The van der Waals surface area contributed by atoms with Crippen LogP contribution in [0.4, 0.5) is 0 Å². The van der Waals surface area contributed by atoms with Crippen molar-refractivity contribution in [3.05, 3.63) is 65.0 Å². The summed E-state index contributed by atoms with van der Waals surface area (Å²) in [6, 6.07) is 14.7. The van der Waals surface area contributed by atoms with Gasteiger partial charge in [0.25, 0.3) is 5.91 Å². The molecule has 2 aliphatic carbocycles. The van der Waals surface area contributed by atoms with Crippen LogP contribution in [0.2, 0.25) is 0 Å². The molecule has 156 valence electrons. The van der Waals surface area contributed by atoms with E-state index in [2.05, 4.69) is 34.6 Å². The predicted octanol–water partition coefficient (Wildman–Crippen LogP) is 3.72. The Kier molecular flexibility index (Phi) is 4.84. The highest BCUT2D eigenvalue weighted by Gasteiger charge is 2.46. The zero-order valence-electron chi connectivity index (χ0n) is 17.6. The molecule has 2 heterocycles. The smallest absolute Gasteiger partial charge is 0.272 e. The third-order valence-electron chi connectivity index (χ3n) is 7.10. The maximum atomic E-state index is 12.9. The molecule has 0 bridgehead atoms. The number of benzene rings is 1. The number of fused-ring (bicyclic) bond motifs is 2. The molecule has 1 N–H and O–H groups in total. The van der Waals surface area contributed by atoms with Crippen molar-refractivity contribution in [1.82, 2.24) is 15.2 Å². The van der Waals surface area contributed by atoms with Gasteiger partial charge in [-0.2, -0.15) is 0 Å². The summed E-state index contributed by atoms with van der Waals surface area (Å²) in [7, 11) is 0. The van der Waals surface area contributed by atoms with Crippen molar-refractivity contribution < 1.29 is 9.59 Å². The summed E-state index contributed by atoms with van der Waals surface area (Å²) in [5.41, 5.74) is 4.22. The van der Waals surface area contributed by atoms with Crippen LogP contribution in [-0.4, -0.2) is 40.8 Å². The van der Waals surface area contributed by atoms with Crippen LogP contribution in [0.25, 0.3) is 0 Å². The zero-order valence-corrected chi connectivity index (χ0v) is 17.6. The molecule has 1 unspecified atom stereocenters. The number of amides is 2. The Balaban J connectivity index is 1.30. The molecule has 1 aliphatic heterocycles. The number of hydrogen-bond acceptors (Lipinski definition) is 3.